The van der Waals surface area contributed by atoms with Crippen molar-refractivity contribution in [3.63, 3.8) is 0 Å². The zero-order chi connectivity index (χ0) is 17.0. The number of aryl methyl sites for hydroxylation is 2. The molecule has 1 aliphatic carbocycles. The minimum absolute atomic E-state index is 0.141. The smallest absolute Gasteiger partial charge is 0.240 e. The molecule has 2 amide bonds. The molecule has 126 valence electrons. The molecule has 0 atom stereocenters. The van der Waals surface area contributed by atoms with E-state index in [4.69, 9.17) is 0 Å². The van der Waals surface area contributed by atoms with E-state index >= 15 is 0 Å². The van der Waals surface area contributed by atoms with Crippen LogP contribution in [0.2, 0.25) is 0 Å². The topological polar surface area (TPSA) is 61.4 Å². The van der Waals surface area contributed by atoms with Gasteiger partial charge in [-0.1, -0.05) is 6.07 Å². The van der Waals surface area contributed by atoms with Gasteiger partial charge >= 0.3 is 0 Å². The third kappa shape index (κ3) is 4.32. The molecular formula is C18H27N3O2. The van der Waals surface area contributed by atoms with Gasteiger partial charge in [0, 0.05) is 12.2 Å². The van der Waals surface area contributed by atoms with Gasteiger partial charge in [-0.15, -0.1) is 0 Å². The van der Waals surface area contributed by atoms with Gasteiger partial charge in [0.2, 0.25) is 11.8 Å². The molecule has 1 aromatic carbocycles. The summed E-state index contributed by atoms with van der Waals surface area (Å²) in [4.78, 5) is 26.9. The average Bonchev–Trinajstić information content (AvgIpc) is 3.29. The zero-order valence-electron chi connectivity index (χ0n) is 14.5. The highest BCUT2D eigenvalue weighted by atomic mass is 16.2. The summed E-state index contributed by atoms with van der Waals surface area (Å²) < 4.78 is 0. The van der Waals surface area contributed by atoms with E-state index in [0.29, 0.717) is 19.4 Å². The molecule has 5 nitrogen and oxygen atoms in total. The van der Waals surface area contributed by atoms with E-state index in [-0.39, 0.29) is 11.8 Å². The third-order valence-electron chi connectivity index (χ3n) is 4.45. The maximum Gasteiger partial charge on any atom is 0.240 e. The first-order valence-electron chi connectivity index (χ1n) is 8.17. The van der Waals surface area contributed by atoms with Crippen LogP contribution in [-0.2, 0) is 9.59 Å². The predicted octanol–water partition coefficient (Wildman–Crippen LogP) is 2.09. The molecule has 1 saturated carbocycles. The van der Waals surface area contributed by atoms with Gasteiger partial charge in [-0.2, -0.15) is 0 Å². The van der Waals surface area contributed by atoms with Gasteiger partial charge in [-0.3, -0.25) is 9.59 Å². The Labute approximate surface area is 138 Å². The van der Waals surface area contributed by atoms with Crippen LogP contribution >= 0.6 is 0 Å². The molecule has 0 saturated heterocycles. The van der Waals surface area contributed by atoms with Crippen LogP contribution in [0.5, 0.6) is 0 Å². The number of nitrogens with one attached hydrogen (secondary N) is 2. The Morgan fingerprint density at radius 2 is 1.83 bits per heavy atom. The molecule has 5 heteroatoms. The molecule has 0 bridgehead atoms. The van der Waals surface area contributed by atoms with Crippen LogP contribution in [0.4, 0.5) is 5.69 Å². The van der Waals surface area contributed by atoms with E-state index in [2.05, 4.69) is 15.5 Å². The van der Waals surface area contributed by atoms with Gasteiger partial charge in [-0.05, 0) is 77.0 Å². The Hall–Kier alpha value is -1.88. The van der Waals surface area contributed by atoms with Crippen molar-refractivity contribution in [2.75, 3.05) is 32.5 Å². The lowest BCUT2D eigenvalue weighted by molar-refractivity contribution is -0.134. The molecule has 1 fully saturated rings. The standard InChI is InChI=1S/C18H27N3O2/c1-13-6-7-15(12-14(13)2)20-17(23)18(8-9-18)16(22)19-10-5-11-21(3)4/h6-7,12H,5,8-11H2,1-4H3,(H,19,22)(H,20,23). The molecule has 0 aliphatic heterocycles. The lowest BCUT2D eigenvalue weighted by Gasteiger charge is -2.16. The maximum atomic E-state index is 12.5. The van der Waals surface area contributed by atoms with E-state index in [9.17, 15) is 9.59 Å². The molecule has 2 N–H and O–H groups in total. The third-order valence-corrected chi connectivity index (χ3v) is 4.45. The molecule has 0 unspecified atom stereocenters. The SMILES string of the molecule is Cc1ccc(NC(=O)C2(C(=O)NCCCN(C)C)CC2)cc1C. The molecule has 23 heavy (non-hydrogen) atoms. The number of anilines is 1. The summed E-state index contributed by atoms with van der Waals surface area (Å²) in [6.45, 7) is 5.57. The zero-order valence-corrected chi connectivity index (χ0v) is 14.5. The maximum absolute atomic E-state index is 12.5. The number of carbonyl (C=O) groups excluding carboxylic acids is 2. The van der Waals surface area contributed by atoms with Crippen molar-refractivity contribution >= 4 is 17.5 Å². The summed E-state index contributed by atoms with van der Waals surface area (Å²) in [5.41, 5.74) is 2.20. The first-order valence-corrected chi connectivity index (χ1v) is 8.17. The summed E-state index contributed by atoms with van der Waals surface area (Å²) in [5.74, 6) is -0.330. The van der Waals surface area contributed by atoms with E-state index in [0.717, 1.165) is 24.2 Å². The van der Waals surface area contributed by atoms with Gasteiger partial charge in [0.15, 0.2) is 0 Å². The Bertz CT molecular complexity index is 592. The van der Waals surface area contributed by atoms with Gasteiger partial charge in [0.25, 0.3) is 0 Å². The van der Waals surface area contributed by atoms with Crippen molar-refractivity contribution in [1.29, 1.82) is 0 Å². The minimum atomic E-state index is -0.864. The fourth-order valence-corrected chi connectivity index (χ4v) is 2.52. The van der Waals surface area contributed by atoms with Crippen LogP contribution in [0.1, 0.15) is 30.4 Å². The second-order valence-corrected chi connectivity index (χ2v) is 6.75. The molecule has 0 heterocycles. The van der Waals surface area contributed by atoms with Crippen LogP contribution in [-0.4, -0.2) is 43.9 Å². The summed E-state index contributed by atoms with van der Waals surface area (Å²) >= 11 is 0. The van der Waals surface area contributed by atoms with Gasteiger partial charge in [-0.25, -0.2) is 0 Å². The highest BCUT2D eigenvalue weighted by molar-refractivity contribution is 6.13. The number of nitrogens with zero attached hydrogens (tertiary/aromatic N) is 1. The van der Waals surface area contributed by atoms with Crippen molar-refractivity contribution < 1.29 is 9.59 Å². The van der Waals surface area contributed by atoms with Crippen molar-refractivity contribution in [1.82, 2.24) is 10.2 Å². The Morgan fingerprint density at radius 1 is 1.13 bits per heavy atom. The molecule has 2 rings (SSSR count). The van der Waals surface area contributed by atoms with Crippen LogP contribution in [0.15, 0.2) is 18.2 Å². The fraction of sp³-hybridized carbons (Fsp3) is 0.556. The van der Waals surface area contributed by atoms with Crippen LogP contribution in [0.3, 0.4) is 0 Å². The molecule has 1 aliphatic rings. The highest BCUT2D eigenvalue weighted by Gasteiger charge is 2.56. The molecule has 0 spiro atoms. The van der Waals surface area contributed by atoms with Gasteiger partial charge in [0.05, 0.1) is 0 Å². The average molecular weight is 317 g/mol. The van der Waals surface area contributed by atoms with E-state index < -0.39 is 5.41 Å². The second-order valence-electron chi connectivity index (χ2n) is 6.75. The van der Waals surface area contributed by atoms with E-state index in [1.807, 2.05) is 46.1 Å². The summed E-state index contributed by atoms with van der Waals surface area (Å²) in [6.07, 6.45) is 2.14. The largest absolute Gasteiger partial charge is 0.355 e. The number of amides is 2. The molecule has 0 radical (unpaired) electrons. The van der Waals surface area contributed by atoms with Gasteiger partial charge < -0.3 is 15.5 Å². The molecule has 0 aromatic heterocycles. The molecule has 1 aromatic rings. The van der Waals surface area contributed by atoms with Crippen LogP contribution < -0.4 is 10.6 Å². The first kappa shape index (κ1) is 17.5. The Morgan fingerprint density at radius 3 is 2.39 bits per heavy atom. The van der Waals surface area contributed by atoms with Crippen molar-refractivity contribution in [2.45, 2.75) is 33.1 Å². The van der Waals surface area contributed by atoms with E-state index in [1.54, 1.807) is 0 Å². The minimum Gasteiger partial charge on any atom is -0.355 e. The predicted molar refractivity (Wildman–Crippen MR) is 92.4 cm³/mol. The van der Waals surface area contributed by atoms with E-state index in [1.165, 1.54) is 5.56 Å². The first-order chi connectivity index (χ1) is 10.8. The molecular weight excluding hydrogens is 290 g/mol. The van der Waals surface area contributed by atoms with Crippen LogP contribution in [0.25, 0.3) is 0 Å². The fourth-order valence-electron chi connectivity index (χ4n) is 2.52. The van der Waals surface area contributed by atoms with Gasteiger partial charge in [0.1, 0.15) is 5.41 Å². The quantitative estimate of drug-likeness (QED) is 0.598. The normalized spacial score (nSPS) is 15.3. The number of hydrogen-bond donors (Lipinski definition) is 2. The number of benzene rings is 1. The Balaban J connectivity index is 1.90. The second kappa shape index (κ2) is 7.13. The summed E-state index contributed by atoms with van der Waals surface area (Å²) in [5, 5.41) is 5.80. The summed E-state index contributed by atoms with van der Waals surface area (Å²) in [6, 6.07) is 5.80. The summed E-state index contributed by atoms with van der Waals surface area (Å²) in [7, 11) is 4.00. The van der Waals surface area contributed by atoms with Crippen LogP contribution in [0, 0.1) is 19.3 Å². The number of hydrogen-bond acceptors (Lipinski definition) is 3. The van der Waals surface area contributed by atoms with Crippen molar-refractivity contribution in [3.05, 3.63) is 29.3 Å². The van der Waals surface area contributed by atoms with Crippen molar-refractivity contribution in [2.24, 2.45) is 5.41 Å². The highest BCUT2D eigenvalue weighted by Crippen LogP contribution is 2.46. The number of rotatable bonds is 7. The lowest BCUT2D eigenvalue weighted by atomic mass is 10.0. The van der Waals surface area contributed by atoms with Crippen molar-refractivity contribution in [3.8, 4) is 0 Å². The monoisotopic (exact) mass is 317 g/mol. The lowest BCUT2D eigenvalue weighted by Crippen LogP contribution is -2.40. The number of carbonyl (C=O) groups is 2. The Kier molecular flexibility index (Phi) is 5.42.